The molecule has 25 heavy (non-hydrogen) atoms. The van der Waals surface area contributed by atoms with Crippen molar-refractivity contribution in [3.05, 3.63) is 51.0 Å². The van der Waals surface area contributed by atoms with Gasteiger partial charge in [-0.25, -0.2) is 0 Å². The first-order valence-electron chi connectivity index (χ1n) is 7.65. The number of anilines is 1. The zero-order valence-corrected chi connectivity index (χ0v) is 16.4. The topological polar surface area (TPSA) is 42.8 Å². The van der Waals surface area contributed by atoms with Crippen LogP contribution in [0, 0.1) is 5.92 Å². The summed E-state index contributed by atoms with van der Waals surface area (Å²) in [5.74, 6) is 1.48. The van der Waals surface area contributed by atoms with Crippen LogP contribution < -0.4 is 14.9 Å². The Kier molecular flexibility index (Phi) is 7.24. The first-order chi connectivity index (χ1) is 11.9. The minimum atomic E-state index is 0.383. The molecular formula is C18H19Cl3N2O2. The summed E-state index contributed by atoms with van der Waals surface area (Å²) < 4.78 is 10.7. The zero-order valence-electron chi connectivity index (χ0n) is 14.1. The van der Waals surface area contributed by atoms with Crippen LogP contribution in [-0.4, -0.2) is 19.9 Å². The van der Waals surface area contributed by atoms with Crippen LogP contribution in [0.5, 0.6) is 11.5 Å². The van der Waals surface area contributed by atoms with Gasteiger partial charge in [-0.1, -0.05) is 48.7 Å². The summed E-state index contributed by atoms with van der Waals surface area (Å²) >= 11 is 18.6. The average molecular weight is 402 g/mol. The second-order valence-electron chi connectivity index (χ2n) is 5.74. The van der Waals surface area contributed by atoms with E-state index in [0.717, 1.165) is 11.3 Å². The third kappa shape index (κ3) is 5.70. The predicted octanol–water partition coefficient (Wildman–Crippen LogP) is 6.14. The molecule has 0 atom stereocenters. The number of hydrazone groups is 1. The first kappa shape index (κ1) is 19.7. The lowest BCUT2D eigenvalue weighted by Crippen LogP contribution is -2.05. The van der Waals surface area contributed by atoms with Gasteiger partial charge in [-0.05, 0) is 41.8 Å². The number of halogens is 3. The summed E-state index contributed by atoms with van der Waals surface area (Å²) in [6.07, 6.45) is 1.61. The number of nitrogens with one attached hydrogen (secondary N) is 1. The molecule has 0 aliphatic rings. The number of ether oxygens (including phenoxy) is 2. The quantitative estimate of drug-likeness (QED) is 0.448. The van der Waals surface area contributed by atoms with Gasteiger partial charge in [0.1, 0.15) is 5.75 Å². The summed E-state index contributed by atoms with van der Waals surface area (Å²) in [5.41, 5.74) is 4.37. The largest absolute Gasteiger partial charge is 0.495 e. The summed E-state index contributed by atoms with van der Waals surface area (Å²) in [4.78, 5) is 0. The van der Waals surface area contributed by atoms with Gasteiger partial charge in [-0.15, -0.1) is 0 Å². The van der Waals surface area contributed by atoms with Crippen LogP contribution in [0.15, 0.2) is 35.4 Å². The lowest BCUT2D eigenvalue weighted by molar-refractivity contribution is 0.271. The normalized spacial score (nSPS) is 11.2. The van der Waals surface area contributed by atoms with E-state index >= 15 is 0 Å². The Morgan fingerprint density at radius 2 is 1.76 bits per heavy atom. The van der Waals surface area contributed by atoms with Crippen LogP contribution in [0.25, 0.3) is 0 Å². The van der Waals surface area contributed by atoms with Gasteiger partial charge in [0.25, 0.3) is 0 Å². The van der Waals surface area contributed by atoms with E-state index in [2.05, 4.69) is 24.4 Å². The van der Waals surface area contributed by atoms with Gasteiger partial charge in [0.2, 0.25) is 0 Å². The van der Waals surface area contributed by atoms with Crippen LogP contribution in [-0.2, 0) is 0 Å². The number of benzene rings is 2. The molecular weight excluding hydrogens is 383 g/mol. The molecule has 0 unspecified atom stereocenters. The Balaban J connectivity index is 2.07. The maximum absolute atomic E-state index is 6.25. The van der Waals surface area contributed by atoms with Crippen molar-refractivity contribution in [3.63, 3.8) is 0 Å². The van der Waals surface area contributed by atoms with Crippen molar-refractivity contribution in [2.24, 2.45) is 11.0 Å². The van der Waals surface area contributed by atoms with Crippen molar-refractivity contribution in [3.8, 4) is 11.5 Å². The molecule has 0 bridgehead atoms. The van der Waals surface area contributed by atoms with Crippen molar-refractivity contribution in [1.29, 1.82) is 0 Å². The van der Waals surface area contributed by atoms with E-state index in [1.54, 1.807) is 37.6 Å². The third-order valence-corrected chi connectivity index (χ3v) is 4.00. The maximum Gasteiger partial charge on any atom is 0.156 e. The van der Waals surface area contributed by atoms with Crippen molar-refractivity contribution in [2.45, 2.75) is 13.8 Å². The second kappa shape index (κ2) is 9.18. The van der Waals surface area contributed by atoms with Crippen LogP contribution in [0.3, 0.4) is 0 Å². The summed E-state index contributed by atoms with van der Waals surface area (Å²) in [6, 6.07) is 8.78. The minimum absolute atomic E-state index is 0.383. The molecule has 0 saturated heterocycles. The molecule has 0 aliphatic carbocycles. The standard InChI is InChI=1S/C18H19Cl3N2O2/c1-11(2)10-25-18-15(20)6-12(7-16(18)21)9-22-23-13-4-5-17(24-3)14(19)8-13/h4-9,11,23H,10H2,1-3H3/b22-9+. The summed E-state index contributed by atoms with van der Waals surface area (Å²) in [5, 5.41) is 5.56. The van der Waals surface area contributed by atoms with Crippen LogP contribution in [0.4, 0.5) is 5.69 Å². The molecule has 0 aliphatic heterocycles. The van der Waals surface area contributed by atoms with Gasteiger partial charge >= 0.3 is 0 Å². The van der Waals surface area contributed by atoms with Crippen LogP contribution in [0.2, 0.25) is 15.1 Å². The summed E-state index contributed by atoms with van der Waals surface area (Å²) in [6.45, 7) is 4.66. The van der Waals surface area contributed by atoms with Gasteiger partial charge in [0.05, 0.1) is 40.7 Å². The highest BCUT2D eigenvalue weighted by atomic mass is 35.5. The highest BCUT2D eigenvalue weighted by Crippen LogP contribution is 2.34. The van der Waals surface area contributed by atoms with E-state index in [1.165, 1.54) is 0 Å². The number of hydrogen-bond acceptors (Lipinski definition) is 4. The van der Waals surface area contributed by atoms with Gasteiger partial charge in [-0.3, -0.25) is 5.43 Å². The van der Waals surface area contributed by atoms with Crippen molar-refractivity contribution >= 4 is 46.7 Å². The number of hydrogen-bond donors (Lipinski definition) is 1. The Morgan fingerprint density at radius 3 is 2.32 bits per heavy atom. The number of rotatable bonds is 7. The molecule has 2 rings (SSSR count). The Hall–Kier alpha value is -1.62. The fourth-order valence-corrected chi connectivity index (χ4v) is 2.83. The number of nitrogens with zero attached hydrogens (tertiary/aromatic N) is 1. The molecule has 0 saturated carbocycles. The smallest absolute Gasteiger partial charge is 0.156 e. The second-order valence-corrected chi connectivity index (χ2v) is 6.96. The molecule has 4 nitrogen and oxygen atoms in total. The maximum atomic E-state index is 6.25. The molecule has 0 heterocycles. The first-order valence-corrected chi connectivity index (χ1v) is 8.78. The van der Waals surface area contributed by atoms with Gasteiger partial charge in [-0.2, -0.15) is 5.10 Å². The van der Waals surface area contributed by atoms with Gasteiger partial charge in [0.15, 0.2) is 5.75 Å². The highest BCUT2D eigenvalue weighted by Gasteiger charge is 2.10. The van der Waals surface area contributed by atoms with E-state index in [4.69, 9.17) is 44.3 Å². The van der Waals surface area contributed by atoms with E-state index < -0.39 is 0 Å². The van der Waals surface area contributed by atoms with Crippen molar-refractivity contribution in [2.75, 3.05) is 19.1 Å². The third-order valence-electron chi connectivity index (χ3n) is 3.14. The van der Waals surface area contributed by atoms with E-state index in [9.17, 15) is 0 Å². The Labute approximate surface area is 162 Å². The molecule has 2 aromatic rings. The van der Waals surface area contributed by atoms with E-state index in [0.29, 0.717) is 39.1 Å². The highest BCUT2D eigenvalue weighted by molar-refractivity contribution is 6.37. The predicted molar refractivity (Wildman–Crippen MR) is 106 cm³/mol. The lowest BCUT2D eigenvalue weighted by Gasteiger charge is -2.12. The lowest BCUT2D eigenvalue weighted by atomic mass is 10.2. The van der Waals surface area contributed by atoms with Crippen molar-refractivity contribution < 1.29 is 9.47 Å². The van der Waals surface area contributed by atoms with Crippen molar-refractivity contribution in [1.82, 2.24) is 0 Å². The fourth-order valence-electron chi connectivity index (χ4n) is 1.96. The van der Waals surface area contributed by atoms with Crippen LogP contribution >= 0.6 is 34.8 Å². The van der Waals surface area contributed by atoms with E-state index in [1.807, 2.05) is 6.07 Å². The SMILES string of the molecule is COc1ccc(N/N=C/c2cc(Cl)c(OCC(C)C)c(Cl)c2)cc1Cl. The molecule has 0 spiro atoms. The Morgan fingerprint density at radius 1 is 1.08 bits per heavy atom. The minimum Gasteiger partial charge on any atom is -0.495 e. The molecule has 134 valence electrons. The number of methoxy groups -OCH3 is 1. The average Bonchev–Trinajstić information content (AvgIpc) is 2.54. The zero-order chi connectivity index (χ0) is 18.4. The molecule has 2 aromatic carbocycles. The van der Waals surface area contributed by atoms with Gasteiger partial charge < -0.3 is 9.47 Å². The molecule has 0 aromatic heterocycles. The van der Waals surface area contributed by atoms with E-state index in [-0.39, 0.29) is 0 Å². The molecule has 7 heteroatoms. The Bertz CT molecular complexity index is 741. The molecule has 1 N–H and O–H groups in total. The molecule has 0 amide bonds. The monoisotopic (exact) mass is 400 g/mol. The van der Waals surface area contributed by atoms with Gasteiger partial charge in [0, 0.05) is 0 Å². The molecule has 0 radical (unpaired) electrons. The van der Waals surface area contributed by atoms with Crippen LogP contribution in [0.1, 0.15) is 19.4 Å². The fraction of sp³-hybridized carbons (Fsp3) is 0.278. The molecule has 0 fully saturated rings. The summed E-state index contributed by atoms with van der Waals surface area (Å²) in [7, 11) is 1.56.